The first-order chi connectivity index (χ1) is 8.25. The smallest absolute Gasteiger partial charge is 0.278 e. The van der Waals surface area contributed by atoms with E-state index in [1.807, 2.05) is 16.0 Å². The van der Waals surface area contributed by atoms with Crippen molar-refractivity contribution in [3.05, 3.63) is 52.2 Å². The predicted octanol–water partition coefficient (Wildman–Crippen LogP) is 2.97. The fourth-order valence-corrected chi connectivity index (χ4v) is 2.41. The van der Waals surface area contributed by atoms with Gasteiger partial charge in [0.25, 0.3) is 5.69 Å². The van der Waals surface area contributed by atoms with Crippen LogP contribution in [0.1, 0.15) is 0 Å². The average molecular weight is 245 g/mol. The molecule has 2 aromatic heterocycles. The van der Waals surface area contributed by atoms with Gasteiger partial charge in [-0.25, -0.2) is 4.98 Å². The molecule has 6 heteroatoms. The first-order valence-corrected chi connectivity index (χ1v) is 5.79. The second-order valence-corrected chi connectivity index (χ2v) is 4.37. The summed E-state index contributed by atoms with van der Waals surface area (Å²) in [6.45, 7) is 0. The molecule has 0 aliphatic heterocycles. The number of benzene rings is 1. The summed E-state index contributed by atoms with van der Waals surface area (Å²) < 4.78 is 1.86. The summed E-state index contributed by atoms with van der Waals surface area (Å²) in [6.07, 6.45) is 3.68. The quantitative estimate of drug-likeness (QED) is 0.515. The van der Waals surface area contributed by atoms with Crippen molar-refractivity contribution in [1.29, 1.82) is 0 Å². The van der Waals surface area contributed by atoms with Gasteiger partial charge in [0.2, 0.25) is 0 Å². The van der Waals surface area contributed by atoms with Gasteiger partial charge in [-0.3, -0.25) is 14.5 Å². The minimum atomic E-state index is -0.386. The molecule has 3 aromatic rings. The van der Waals surface area contributed by atoms with Gasteiger partial charge in [-0.15, -0.1) is 11.3 Å². The summed E-state index contributed by atoms with van der Waals surface area (Å²) in [5, 5.41) is 12.8. The number of fused-ring (bicyclic) bond motifs is 1. The lowest BCUT2D eigenvalue weighted by atomic mass is 10.1. The van der Waals surface area contributed by atoms with E-state index in [1.54, 1.807) is 24.4 Å². The van der Waals surface area contributed by atoms with Gasteiger partial charge in [-0.1, -0.05) is 12.1 Å². The third-order valence-electron chi connectivity index (χ3n) is 2.47. The Labute approximate surface area is 100 Å². The molecule has 0 N–H and O–H groups in total. The maximum Gasteiger partial charge on any atom is 0.278 e. The van der Waals surface area contributed by atoms with E-state index in [1.165, 1.54) is 17.4 Å². The van der Waals surface area contributed by atoms with Crippen LogP contribution in [0.5, 0.6) is 0 Å². The Balaban J connectivity index is 2.21. The molecule has 5 nitrogen and oxygen atoms in total. The first kappa shape index (κ1) is 9.98. The molecule has 0 fully saturated rings. The van der Waals surface area contributed by atoms with E-state index >= 15 is 0 Å². The molecule has 17 heavy (non-hydrogen) atoms. The van der Waals surface area contributed by atoms with E-state index in [4.69, 9.17) is 0 Å². The molecule has 0 aliphatic carbocycles. The summed E-state index contributed by atoms with van der Waals surface area (Å²) in [5.41, 5.74) is 1.26. The van der Waals surface area contributed by atoms with Crippen molar-refractivity contribution >= 4 is 22.0 Å². The van der Waals surface area contributed by atoms with Crippen molar-refractivity contribution in [3.63, 3.8) is 0 Å². The second kappa shape index (κ2) is 3.67. The van der Waals surface area contributed by atoms with Crippen molar-refractivity contribution < 1.29 is 4.92 Å². The molecule has 0 saturated carbocycles. The largest absolute Gasteiger partial charge is 0.297 e. The van der Waals surface area contributed by atoms with Crippen LogP contribution >= 0.6 is 11.3 Å². The number of hydrogen-bond acceptors (Lipinski definition) is 4. The molecule has 0 amide bonds. The zero-order valence-corrected chi connectivity index (χ0v) is 9.42. The number of imidazole rings is 1. The maximum atomic E-state index is 10.9. The van der Waals surface area contributed by atoms with Crippen LogP contribution in [0, 0.1) is 10.1 Å². The Hall–Kier alpha value is -2.21. The minimum Gasteiger partial charge on any atom is -0.297 e. The molecular formula is C11H7N3O2S. The molecule has 0 atom stereocenters. The Kier molecular flexibility index (Phi) is 2.15. The van der Waals surface area contributed by atoms with Crippen molar-refractivity contribution in [2.24, 2.45) is 0 Å². The number of hydrogen-bond donors (Lipinski definition) is 0. The van der Waals surface area contributed by atoms with Crippen molar-refractivity contribution in [1.82, 2.24) is 9.38 Å². The van der Waals surface area contributed by atoms with E-state index in [-0.39, 0.29) is 10.6 Å². The zero-order valence-electron chi connectivity index (χ0n) is 8.61. The van der Waals surface area contributed by atoms with Gasteiger partial charge in [-0.2, -0.15) is 0 Å². The fraction of sp³-hybridized carbons (Fsp3) is 0. The highest BCUT2D eigenvalue weighted by molar-refractivity contribution is 7.15. The van der Waals surface area contributed by atoms with Crippen LogP contribution < -0.4 is 0 Å². The molecular weight excluding hydrogens is 238 g/mol. The molecule has 3 rings (SSSR count). The number of thiazole rings is 1. The lowest BCUT2D eigenvalue weighted by Crippen LogP contribution is -1.91. The summed E-state index contributed by atoms with van der Waals surface area (Å²) in [4.78, 5) is 15.7. The highest BCUT2D eigenvalue weighted by Gasteiger charge is 2.16. The Bertz CT molecular complexity index is 673. The fourth-order valence-electron chi connectivity index (χ4n) is 1.71. The van der Waals surface area contributed by atoms with E-state index in [0.29, 0.717) is 11.3 Å². The van der Waals surface area contributed by atoms with Gasteiger partial charge < -0.3 is 0 Å². The molecule has 0 unspecified atom stereocenters. The van der Waals surface area contributed by atoms with E-state index in [2.05, 4.69) is 4.98 Å². The normalized spacial score (nSPS) is 10.8. The SMILES string of the molecule is O=[N+]([O-])c1ccccc1-c1cn2ccsc2n1. The Morgan fingerprint density at radius 3 is 2.94 bits per heavy atom. The average Bonchev–Trinajstić information content (AvgIpc) is 2.88. The number of aromatic nitrogens is 2. The van der Waals surface area contributed by atoms with Crippen LogP contribution in [-0.2, 0) is 0 Å². The van der Waals surface area contributed by atoms with Crippen LogP contribution in [-0.4, -0.2) is 14.3 Å². The third-order valence-corrected chi connectivity index (χ3v) is 3.24. The minimum absolute atomic E-state index is 0.0817. The molecule has 0 saturated heterocycles. The number of nitro benzene ring substituents is 1. The molecule has 2 heterocycles. The summed E-state index contributed by atoms with van der Waals surface area (Å²) in [6, 6.07) is 6.63. The van der Waals surface area contributed by atoms with Gasteiger partial charge in [-0.05, 0) is 6.07 Å². The topological polar surface area (TPSA) is 60.4 Å². The van der Waals surface area contributed by atoms with Crippen molar-refractivity contribution in [2.75, 3.05) is 0 Å². The summed E-state index contributed by atoms with van der Waals surface area (Å²) in [7, 11) is 0. The van der Waals surface area contributed by atoms with E-state index in [9.17, 15) is 10.1 Å². The number of nitrogens with zero attached hydrogens (tertiary/aromatic N) is 3. The van der Waals surface area contributed by atoms with Crippen molar-refractivity contribution in [2.45, 2.75) is 0 Å². The Morgan fingerprint density at radius 1 is 1.35 bits per heavy atom. The van der Waals surface area contributed by atoms with E-state index in [0.717, 1.165) is 4.96 Å². The van der Waals surface area contributed by atoms with Crippen LogP contribution in [0.3, 0.4) is 0 Å². The van der Waals surface area contributed by atoms with Gasteiger partial charge in [0.15, 0.2) is 4.96 Å². The number of nitro groups is 1. The van der Waals surface area contributed by atoms with Crippen LogP contribution in [0.15, 0.2) is 42.0 Å². The van der Waals surface area contributed by atoms with Gasteiger partial charge in [0.1, 0.15) is 0 Å². The maximum absolute atomic E-state index is 10.9. The molecule has 0 radical (unpaired) electrons. The number of para-hydroxylation sites is 1. The van der Waals surface area contributed by atoms with Crippen LogP contribution in [0.2, 0.25) is 0 Å². The van der Waals surface area contributed by atoms with Crippen LogP contribution in [0.25, 0.3) is 16.2 Å². The van der Waals surface area contributed by atoms with Gasteiger partial charge >= 0.3 is 0 Å². The number of rotatable bonds is 2. The van der Waals surface area contributed by atoms with Crippen LogP contribution in [0.4, 0.5) is 5.69 Å². The lowest BCUT2D eigenvalue weighted by molar-refractivity contribution is -0.384. The Morgan fingerprint density at radius 2 is 2.18 bits per heavy atom. The highest BCUT2D eigenvalue weighted by atomic mass is 32.1. The standard InChI is InChI=1S/C11H7N3O2S/c15-14(16)10-4-2-1-3-8(10)9-7-13-5-6-17-11(13)12-9/h1-7H. The monoisotopic (exact) mass is 245 g/mol. The van der Waals surface area contributed by atoms with Gasteiger partial charge in [0, 0.05) is 23.8 Å². The lowest BCUT2D eigenvalue weighted by Gasteiger charge is -1.97. The molecule has 0 bridgehead atoms. The summed E-state index contributed by atoms with van der Waals surface area (Å²) in [5.74, 6) is 0. The molecule has 0 aliphatic rings. The van der Waals surface area contributed by atoms with E-state index < -0.39 is 0 Å². The predicted molar refractivity (Wildman–Crippen MR) is 65.2 cm³/mol. The van der Waals surface area contributed by atoms with Crippen molar-refractivity contribution in [3.8, 4) is 11.3 Å². The second-order valence-electron chi connectivity index (χ2n) is 3.49. The zero-order chi connectivity index (χ0) is 11.8. The molecule has 0 spiro atoms. The first-order valence-electron chi connectivity index (χ1n) is 4.92. The molecule has 1 aromatic carbocycles. The highest BCUT2D eigenvalue weighted by Crippen LogP contribution is 2.29. The molecule has 84 valence electrons. The van der Waals surface area contributed by atoms with Gasteiger partial charge in [0.05, 0.1) is 16.2 Å². The summed E-state index contributed by atoms with van der Waals surface area (Å²) >= 11 is 1.50. The third kappa shape index (κ3) is 1.58.